The van der Waals surface area contributed by atoms with Gasteiger partial charge in [0.05, 0.1) is 19.8 Å². The molecular formula is C19H29N5O3. The molecule has 8 nitrogen and oxygen atoms in total. The number of hydrogen-bond acceptors (Lipinski definition) is 6. The molecule has 0 atom stereocenters. The highest BCUT2D eigenvalue weighted by Gasteiger charge is 2.28. The molecule has 3 heterocycles. The van der Waals surface area contributed by atoms with Crippen LogP contribution in [0.4, 0.5) is 10.7 Å². The molecule has 0 bridgehead atoms. The molecule has 1 fully saturated rings. The van der Waals surface area contributed by atoms with Crippen LogP contribution in [0.3, 0.4) is 0 Å². The Hall–Kier alpha value is -2.35. The second-order valence-electron chi connectivity index (χ2n) is 6.63. The minimum atomic E-state index is -0.216. The van der Waals surface area contributed by atoms with E-state index < -0.39 is 0 Å². The van der Waals surface area contributed by atoms with Gasteiger partial charge in [-0.25, -0.2) is 14.8 Å². The number of rotatable bonds is 7. The number of carbonyl (C=O) groups is 1. The Bertz CT molecular complexity index is 755. The third-order valence-electron chi connectivity index (χ3n) is 5.00. The summed E-state index contributed by atoms with van der Waals surface area (Å²) in [6.07, 6.45) is 3.35. The lowest BCUT2D eigenvalue weighted by molar-refractivity contribution is 0.0969. The standard InChI is InChI=1S/C19H29N5O3/c1-4-26-14-13-24-17-16(7-6-10-20-17)21-18(24)22(3)15-8-11-23(12-9-15)19(25)27-5-2/h6-7,10,15H,4-5,8-9,11-14H2,1-3H3. The summed E-state index contributed by atoms with van der Waals surface area (Å²) in [5.74, 6) is 0.901. The molecule has 1 saturated heterocycles. The SMILES string of the molecule is CCOCCn1c(N(C)C2CCN(C(=O)OCC)CC2)nc2cccnc21. The largest absolute Gasteiger partial charge is 0.450 e. The zero-order valence-electron chi connectivity index (χ0n) is 16.4. The quantitative estimate of drug-likeness (QED) is 0.693. The first-order valence-corrected chi connectivity index (χ1v) is 9.69. The summed E-state index contributed by atoms with van der Waals surface area (Å²) in [6.45, 7) is 7.67. The van der Waals surface area contributed by atoms with Gasteiger partial charge < -0.3 is 19.3 Å². The van der Waals surface area contributed by atoms with Crippen LogP contribution in [0.25, 0.3) is 11.2 Å². The Balaban J connectivity index is 1.74. The van der Waals surface area contributed by atoms with Gasteiger partial charge in [-0.3, -0.25) is 4.57 Å². The molecular weight excluding hydrogens is 346 g/mol. The Kier molecular flexibility index (Phi) is 6.49. The number of amides is 1. The first-order chi connectivity index (χ1) is 13.2. The van der Waals surface area contributed by atoms with Gasteiger partial charge in [0, 0.05) is 39.0 Å². The second-order valence-corrected chi connectivity index (χ2v) is 6.63. The lowest BCUT2D eigenvalue weighted by Crippen LogP contribution is -2.46. The molecule has 0 aliphatic carbocycles. The van der Waals surface area contributed by atoms with E-state index in [1.54, 1.807) is 11.1 Å². The fourth-order valence-corrected chi connectivity index (χ4v) is 3.54. The zero-order valence-corrected chi connectivity index (χ0v) is 16.4. The maximum atomic E-state index is 11.9. The Morgan fingerprint density at radius 2 is 2.07 bits per heavy atom. The normalized spacial score (nSPS) is 15.3. The Morgan fingerprint density at radius 3 is 2.78 bits per heavy atom. The van der Waals surface area contributed by atoms with Crippen LogP contribution in [0, 0.1) is 0 Å². The third kappa shape index (κ3) is 4.32. The predicted octanol–water partition coefficient (Wildman–Crippen LogP) is 2.52. The summed E-state index contributed by atoms with van der Waals surface area (Å²) in [4.78, 5) is 25.2. The molecule has 0 unspecified atom stereocenters. The average Bonchev–Trinajstić information content (AvgIpc) is 3.07. The smallest absolute Gasteiger partial charge is 0.409 e. The van der Waals surface area contributed by atoms with E-state index >= 15 is 0 Å². The van der Waals surface area contributed by atoms with Gasteiger partial charge >= 0.3 is 6.09 Å². The lowest BCUT2D eigenvalue weighted by Gasteiger charge is -2.36. The van der Waals surface area contributed by atoms with Gasteiger partial charge in [0.25, 0.3) is 0 Å². The van der Waals surface area contributed by atoms with Crippen molar-refractivity contribution in [2.75, 3.05) is 44.9 Å². The number of carbonyl (C=O) groups excluding carboxylic acids is 1. The number of hydrogen-bond donors (Lipinski definition) is 0. The number of fused-ring (bicyclic) bond motifs is 1. The fourth-order valence-electron chi connectivity index (χ4n) is 3.54. The van der Waals surface area contributed by atoms with Crippen LogP contribution in [0.15, 0.2) is 18.3 Å². The van der Waals surface area contributed by atoms with Crippen molar-refractivity contribution in [2.45, 2.75) is 39.3 Å². The van der Waals surface area contributed by atoms with Gasteiger partial charge in [-0.1, -0.05) is 0 Å². The molecule has 0 N–H and O–H groups in total. The number of nitrogens with zero attached hydrogens (tertiary/aromatic N) is 5. The molecule has 0 aromatic carbocycles. The van der Waals surface area contributed by atoms with Crippen molar-refractivity contribution in [3.63, 3.8) is 0 Å². The van der Waals surface area contributed by atoms with E-state index in [4.69, 9.17) is 14.5 Å². The molecule has 3 rings (SSSR count). The minimum Gasteiger partial charge on any atom is -0.450 e. The summed E-state index contributed by atoms with van der Waals surface area (Å²) >= 11 is 0. The predicted molar refractivity (Wildman–Crippen MR) is 104 cm³/mol. The molecule has 2 aromatic heterocycles. The van der Waals surface area contributed by atoms with Crippen LogP contribution in [0.5, 0.6) is 0 Å². The molecule has 1 amide bonds. The third-order valence-corrected chi connectivity index (χ3v) is 5.00. The van der Waals surface area contributed by atoms with Crippen molar-refractivity contribution >= 4 is 23.2 Å². The highest BCUT2D eigenvalue weighted by molar-refractivity contribution is 5.74. The summed E-state index contributed by atoms with van der Waals surface area (Å²) in [5, 5.41) is 0. The molecule has 2 aromatic rings. The van der Waals surface area contributed by atoms with Crippen molar-refractivity contribution in [3.8, 4) is 0 Å². The zero-order chi connectivity index (χ0) is 19.2. The van der Waals surface area contributed by atoms with Crippen molar-refractivity contribution in [1.82, 2.24) is 19.4 Å². The lowest BCUT2D eigenvalue weighted by atomic mass is 10.0. The second kappa shape index (κ2) is 9.03. The summed E-state index contributed by atoms with van der Waals surface area (Å²) < 4.78 is 12.8. The summed E-state index contributed by atoms with van der Waals surface area (Å²) in [6, 6.07) is 4.21. The Morgan fingerprint density at radius 1 is 1.30 bits per heavy atom. The molecule has 148 valence electrons. The number of aromatic nitrogens is 3. The molecule has 0 spiro atoms. The minimum absolute atomic E-state index is 0.216. The monoisotopic (exact) mass is 375 g/mol. The first kappa shape index (κ1) is 19.4. The highest BCUT2D eigenvalue weighted by atomic mass is 16.6. The number of imidazole rings is 1. The van der Waals surface area contributed by atoms with Crippen LogP contribution in [0.1, 0.15) is 26.7 Å². The van der Waals surface area contributed by atoms with Gasteiger partial charge in [-0.15, -0.1) is 0 Å². The number of piperidine rings is 1. The highest BCUT2D eigenvalue weighted by Crippen LogP contribution is 2.25. The number of anilines is 1. The van der Waals surface area contributed by atoms with E-state index in [0.29, 0.717) is 45.5 Å². The number of pyridine rings is 1. The Labute approximate surface area is 160 Å². The van der Waals surface area contributed by atoms with Crippen molar-refractivity contribution in [2.24, 2.45) is 0 Å². The van der Waals surface area contributed by atoms with Gasteiger partial charge in [0.15, 0.2) is 5.65 Å². The average molecular weight is 375 g/mol. The molecule has 0 saturated carbocycles. The molecule has 8 heteroatoms. The van der Waals surface area contributed by atoms with Crippen LogP contribution in [-0.2, 0) is 16.0 Å². The van der Waals surface area contributed by atoms with Gasteiger partial charge in [-0.2, -0.15) is 0 Å². The maximum absolute atomic E-state index is 11.9. The van der Waals surface area contributed by atoms with Crippen LogP contribution in [0.2, 0.25) is 0 Å². The number of ether oxygens (including phenoxy) is 2. The summed E-state index contributed by atoms with van der Waals surface area (Å²) in [7, 11) is 2.07. The number of likely N-dealkylation sites (tertiary alicyclic amines) is 1. The topological polar surface area (TPSA) is 72.7 Å². The van der Waals surface area contributed by atoms with Crippen molar-refractivity contribution in [1.29, 1.82) is 0 Å². The van der Waals surface area contributed by atoms with Gasteiger partial charge in [0.2, 0.25) is 5.95 Å². The fraction of sp³-hybridized carbons (Fsp3) is 0.632. The van der Waals surface area contributed by atoms with E-state index in [9.17, 15) is 4.79 Å². The van der Waals surface area contributed by atoms with E-state index in [2.05, 4.69) is 21.5 Å². The molecule has 27 heavy (non-hydrogen) atoms. The van der Waals surface area contributed by atoms with E-state index in [1.165, 1.54) is 0 Å². The maximum Gasteiger partial charge on any atom is 0.409 e. The summed E-state index contributed by atoms with van der Waals surface area (Å²) in [5.41, 5.74) is 1.77. The van der Waals surface area contributed by atoms with Gasteiger partial charge in [0.1, 0.15) is 5.52 Å². The van der Waals surface area contributed by atoms with E-state index in [-0.39, 0.29) is 6.09 Å². The van der Waals surface area contributed by atoms with Gasteiger partial charge in [-0.05, 0) is 38.8 Å². The molecule has 1 aliphatic rings. The first-order valence-electron chi connectivity index (χ1n) is 9.69. The van der Waals surface area contributed by atoms with Crippen LogP contribution < -0.4 is 4.90 Å². The van der Waals surface area contributed by atoms with Crippen LogP contribution in [-0.4, -0.2) is 71.5 Å². The molecule has 0 radical (unpaired) electrons. The van der Waals surface area contributed by atoms with Crippen LogP contribution >= 0.6 is 0 Å². The van der Waals surface area contributed by atoms with Crippen molar-refractivity contribution < 1.29 is 14.3 Å². The van der Waals surface area contributed by atoms with E-state index in [1.807, 2.05) is 26.0 Å². The van der Waals surface area contributed by atoms with E-state index in [0.717, 1.165) is 30.0 Å². The van der Waals surface area contributed by atoms with Crippen molar-refractivity contribution in [3.05, 3.63) is 18.3 Å². The molecule has 1 aliphatic heterocycles.